The summed E-state index contributed by atoms with van der Waals surface area (Å²) in [5, 5.41) is 6.82. The van der Waals surface area contributed by atoms with Crippen LogP contribution in [0.2, 0.25) is 0 Å². The predicted octanol–water partition coefficient (Wildman–Crippen LogP) is 4.45. The van der Waals surface area contributed by atoms with Crippen LogP contribution in [-0.4, -0.2) is 51.1 Å². The van der Waals surface area contributed by atoms with Crippen molar-refractivity contribution in [2.45, 2.75) is 58.2 Å². The summed E-state index contributed by atoms with van der Waals surface area (Å²) in [4.78, 5) is 4.74. The minimum Gasteiger partial charge on any atom is -0.491 e. The Hall–Kier alpha value is -1.06. The number of aliphatic imine (C=N–C) groups is 1. The number of benzene rings is 1. The third-order valence-electron chi connectivity index (χ3n) is 4.78. The summed E-state index contributed by atoms with van der Waals surface area (Å²) in [6, 6.07) is 8.02. The molecule has 7 heteroatoms. The Morgan fingerprint density at radius 3 is 2.66 bits per heavy atom. The fourth-order valence-corrected chi connectivity index (χ4v) is 3.06. The van der Waals surface area contributed by atoms with E-state index < -0.39 is 0 Å². The molecule has 1 aliphatic carbocycles. The molecule has 29 heavy (non-hydrogen) atoms. The van der Waals surface area contributed by atoms with Crippen molar-refractivity contribution < 1.29 is 14.2 Å². The zero-order chi connectivity index (χ0) is 19.6. The molecule has 2 N–H and O–H groups in total. The van der Waals surface area contributed by atoms with Crippen molar-refractivity contribution >= 4 is 35.6 Å². The van der Waals surface area contributed by atoms with E-state index in [2.05, 4.69) is 10.6 Å². The second-order valence-electron chi connectivity index (χ2n) is 7.94. The van der Waals surface area contributed by atoms with E-state index in [4.69, 9.17) is 19.2 Å². The highest BCUT2D eigenvalue weighted by atomic mass is 127. The maximum Gasteiger partial charge on any atom is 0.195 e. The number of nitrogens with zero attached hydrogens (tertiary/aromatic N) is 1. The lowest BCUT2D eigenvalue weighted by Gasteiger charge is -2.14. The van der Waals surface area contributed by atoms with Crippen LogP contribution in [0.15, 0.2) is 29.3 Å². The molecule has 1 heterocycles. The Bertz CT molecular complexity index is 600. The molecule has 1 saturated heterocycles. The summed E-state index contributed by atoms with van der Waals surface area (Å²) in [5.74, 6) is 2.48. The van der Waals surface area contributed by atoms with Crippen LogP contribution in [0.25, 0.3) is 0 Å². The number of guanidine groups is 1. The van der Waals surface area contributed by atoms with E-state index in [1.54, 1.807) is 0 Å². The first-order valence-electron chi connectivity index (χ1n) is 10.7. The Labute approximate surface area is 192 Å². The van der Waals surface area contributed by atoms with Gasteiger partial charge < -0.3 is 24.8 Å². The van der Waals surface area contributed by atoms with Crippen LogP contribution in [0.3, 0.4) is 0 Å². The first-order valence-corrected chi connectivity index (χ1v) is 10.7. The molecule has 0 spiro atoms. The van der Waals surface area contributed by atoms with Crippen molar-refractivity contribution in [1.29, 1.82) is 0 Å². The van der Waals surface area contributed by atoms with Crippen LogP contribution in [0.4, 0.5) is 5.69 Å². The van der Waals surface area contributed by atoms with E-state index in [-0.39, 0.29) is 30.1 Å². The molecule has 1 aliphatic heterocycles. The number of hydrogen-bond acceptors (Lipinski definition) is 4. The smallest absolute Gasteiger partial charge is 0.195 e. The Balaban J connectivity index is 0.00000300. The fraction of sp³-hybridized carbons (Fsp3) is 0.682. The summed E-state index contributed by atoms with van der Waals surface area (Å²) in [5.41, 5.74) is 1.01. The van der Waals surface area contributed by atoms with Gasteiger partial charge in [-0.15, -0.1) is 24.0 Å². The standard InChI is InChI=1S/C22H35N3O3.HI/c1-17(2)28-20-10-8-19(9-11-20)25-22(24-15-18-6-7-18)23-12-4-13-26-16-21-5-3-14-27-21;/h8-11,17-18,21H,3-7,12-16H2,1-2H3,(H2,23,24,25);1H. The van der Waals surface area contributed by atoms with Crippen LogP contribution in [0, 0.1) is 5.92 Å². The maximum atomic E-state index is 5.73. The molecule has 1 aromatic rings. The predicted molar refractivity (Wildman–Crippen MR) is 129 cm³/mol. The molecule has 1 saturated carbocycles. The maximum absolute atomic E-state index is 5.73. The zero-order valence-corrected chi connectivity index (χ0v) is 20.0. The molecule has 1 aromatic carbocycles. The van der Waals surface area contributed by atoms with Gasteiger partial charge in [0, 0.05) is 32.0 Å². The van der Waals surface area contributed by atoms with Gasteiger partial charge in [0.2, 0.25) is 0 Å². The van der Waals surface area contributed by atoms with E-state index in [0.717, 1.165) is 68.9 Å². The van der Waals surface area contributed by atoms with Gasteiger partial charge in [-0.05, 0) is 76.1 Å². The molecular formula is C22H36IN3O3. The Morgan fingerprint density at radius 1 is 1.21 bits per heavy atom. The number of ether oxygens (including phenoxy) is 3. The van der Waals surface area contributed by atoms with Gasteiger partial charge in [-0.25, -0.2) is 0 Å². The number of hydrogen-bond donors (Lipinski definition) is 2. The van der Waals surface area contributed by atoms with Crippen molar-refractivity contribution in [3.05, 3.63) is 24.3 Å². The van der Waals surface area contributed by atoms with E-state index in [1.807, 2.05) is 38.1 Å². The first kappa shape index (κ1) is 24.2. The van der Waals surface area contributed by atoms with Gasteiger partial charge in [0.1, 0.15) is 5.75 Å². The quantitative estimate of drug-likeness (QED) is 0.197. The van der Waals surface area contributed by atoms with Crippen molar-refractivity contribution in [2.75, 3.05) is 38.2 Å². The average molecular weight is 517 g/mol. The molecule has 0 bridgehead atoms. The summed E-state index contributed by atoms with van der Waals surface area (Å²) in [6.07, 6.45) is 6.31. The summed E-state index contributed by atoms with van der Waals surface area (Å²) in [6.45, 7) is 8.12. The highest BCUT2D eigenvalue weighted by Crippen LogP contribution is 2.28. The lowest BCUT2D eigenvalue weighted by molar-refractivity contribution is 0.0168. The lowest BCUT2D eigenvalue weighted by atomic mass is 10.2. The minimum atomic E-state index is 0. The molecular weight excluding hydrogens is 481 g/mol. The van der Waals surface area contributed by atoms with Crippen LogP contribution in [0.5, 0.6) is 5.75 Å². The zero-order valence-electron chi connectivity index (χ0n) is 17.7. The first-order chi connectivity index (χ1) is 13.7. The monoisotopic (exact) mass is 517 g/mol. The van der Waals surface area contributed by atoms with Gasteiger partial charge >= 0.3 is 0 Å². The molecule has 0 aromatic heterocycles. The highest BCUT2D eigenvalue weighted by Gasteiger charge is 2.20. The minimum absolute atomic E-state index is 0. The van der Waals surface area contributed by atoms with Gasteiger partial charge in [-0.1, -0.05) is 0 Å². The van der Waals surface area contributed by atoms with Crippen LogP contribution < -0.4 is 15.4 Å². The SMILES string of the molecule is CC(C)Oc1ccc(NC(=NCC2CC2)NCCCOCC2CCCO2)cc1.I. The third kappa shape index (κ3) is 10.00. The van der Waals surface area contributed by atoms with Crippen LogP contribution >= 0.6 is 24.0 Å². The van der Waals surface area contributed by atoms with Gasteiger partial charge in [0.05, 0.1) is 18.8 Å². The summed E-state index contributed by atoms with van der Waals surface area (Å²) >= 11 is 0. The van der Waals surface area contributed by atoms with Crippen LogP contribution in [0.1, 0.15) is 46.0 Å². The molecule has 0 radical (unpaired) electrons. The van der Waals surface area contributed by atoms with Crippen LogP contribution in [-0.2, 0) is 9.47 Å². The molecule has 6 nitrogen and oxygen atoms in total. The molecule has 1 atom stereocenters. The van der Waals surface area contributed by atoms with E-state index in [0.29, 0.717) is 12.7 Å². The van der Waals surface area contributed by atoms with Gasteiger partial charge in [-0.3, -0.25) is 4.99 Å². The molecule has 2 fully saturated rings. The Kier molecular flexibility index (Phi) is 11.1. The lowest BCUT2D eigenvalue weighted by Crippen LogP contribution is -2.32. The molecule has 3 rings (SSSR count). The highest BCUT2D eigenvalue weighted by molar-refractivity contribution is 14.0. The van der Waals surface area contributed by atoms with Gasteiger partial charge in [0.25, 0.3) is 0 Å². The summed E-state index contributed by atoms with van der Waals surface area (Å²) < 4.78 is 17.0. The second kappa shape index (κ2) is 13.3. The topological polar surface area (TPSA) is 64.1 Å². The molecule has 2 aliphatic rings. The Morgan fingerprint density at radius 2 is 2.00 bits per heavy atom. The molecule has 0 amide bonds. The fourth-order valence-electron chi connectivity index (χ4n) is 3.06. The second-order valence-corrected chi connectivity index (χ2v) is 7.94. The van der Waals surface area contributed by atoms with E-state index in [1.165, 1.54) is 12.8 Å². The van der Waals surface area contributed by atoms with Crippen molar-refractivity contribution in [3.8, 4) is 5.75 Å². The largest absolute Gasteiger partial charge is 0.491 e. The molecule has 164 valence electrons. The molecule has 1 unspecified atom stereocenters. The number of halogens is 1. The van der Waals surface area contributed by atoms with E-state index in [9.17, 15) is 0 Å². The van der Waals surface area contributed by atoms with Gasteiger partial charge in [-0.2, -0.15) is 0 Å². The summed E-state index contributed by atoms with van der Waals surface area (Å²) in [7, 11) is 0. The van der Waals surface area contributed by atoms with Crippen molar-refractivity contribution in [2.24, 2.45) is 10.9 Å². The number of nitrogens with one attached hydrogen (secondary N) is 2. The average Bonchev–Trinajstić information content (AvgIpc) is 3.36. The number of anilines is 1. The van der Waals surface area contributed by atoms with E-state index >= 15 is 0 Å². The number of rotatable bonds is 11. The normalized spacial score (nSPS) is 19.1. The third-order valence-corrected chi connectivity index (χ3v) is 4.78. The van der Waals surface area contributed by atoms with Gasteiger partial charge in [0.15, 0.2) is 5.96 Å². The van der Waals surface area contributed by atoms with Crippen molar-refractivity contribution in [1.82, 2.24) is 5.32 Å². The van der Waals surface area contributed by atoms with Crippen molar-refractivity contribution in [3.63, 3.8) is 0 Å².